The van der Waals surface area contributed by atoms with E-state index < -0.39 is 0 Å². The number of nitrogens with zero attached hydrogens (tertiary/aromatic N) is 1. The van der Waals surface area contributed by atoms with Gasteiger partial charge >= 0.3 is 6.09 Å². The van der Waals surface area contributed by atoms with Crippen LogP contribution < -0.4 is 4.90 Å². The van der Waals surface area contributed by atoms with Crippen molar-refractivity contribution >= 4 is 17.6 Å². The Kier molecular flexibility index (Phi) is 3.13. The zero-order valence-corrected chi connectivity index (χ0v) is 9.97. The van der Waals surface area contributed by atoms with Crippen LogP contribution in [0.4, 0.5) is 10.5 Å². The number of Topliss-reactive ketones (excluding diaryl/α,β-unsaturated/α-hetero) is 1. The molecule has 1 saturated heterocycles. The number of benzene rings is 1. The summed E-state index contributed by atoms with van der Waals surface area (Å²) in [4.78, 5) is 24.6. The first-order valence-corrected chi connectivity index (χ1v) is 5.70. The maximum absolute atomic E-state index is 11.6. The van der Waals surface area contributed by atoms with E-state index in [1.807, 2.05) is 13.0 Å². The number of hydrogen-bond acceptors (Lipinski definition) is 3. The summed E-state index contributed by atoms with van der Waals surface area (Å²) < 4.78 is 5.03. The molecular formula is C13H15NO3. The van der Waals surface area contributed by atoms with Gasteiger partial charge in [0.25, 0.3) is 0 Å². The highest BCUT2D eigenvalue weighted by Gasteiger charge is 2.32. The third-order valence-corrected chi connectivity index (χ3v) is 2.96. The second-order valence-electron chi connectivity index (χ2n) is 4.12. The van der Waals surface area contributed by atoms with Crippen molar-refractivity contribution in [3.63, 3.8) is 0 Å². The lowest BCUT2D eigenvalue weighted by molar-refractivity contribution is 0.101. The van der Waals surface area contributed by atoms with Gasteiger partial charge in [0.15, 0.2) is 5.78 Å². The number of amides is 1. The number of carbonyl (C=O) groups is 2. The third kappa shape index (κ3) is 2.16. The van der Waals surface area contributed by atoms with Crippen molar-refractivity contribution in [3.8, 4) is 0 Å². The maximum atomic E-state index is 11.6. The molecule has 1 fully saturated rings. The Morgan fingerprint density at radius 3 is 2.94 bits per heavy atom. The van der Waals surface area contributed by atoms with E-state index in [0.29, 0.717) is 12.2 Å². The topological polar surface area (TPSA) is 46.6 Å². The summed E-state index contributed by atoms with van der Waals surface area (Å²) in [5, 5.41) is 0. The Hall–Kier alpha value is -1.84. The van der Waals surface area contributed by atoms with Crippen LogP contribution in [0.5, 0.6) is 0 Å². The molecule has 0 bridgehead atoms. The zero-order valence-electron chi connectivity index (χ0n) is 9.97. The number of ketones is 1. The fourth-order valence-corrected chi connectivity index (χ4v) is 1.95. The van der Waals surface area contributed by atoms with E-state index in [9.17, 15) is 9.59 Å². The molecule has 0 unspecified atom stereocenters. The van der Waals surface area contributed by atoms with Crippen LogP contribution in [0.25, 0.3) is 0 Å². The van der Waals surface area contributed by atoms with Crippen LogP contribution in [0, 0.1) is 0 Å². The number of carbonyl (C=O) groups excluding carboxylic acids is 2. The summed E-state index contributed by atoms with van der Waals surface area (Å²) >= 11 is 0. The Morgan fingerprint density at radius 2 is 2.29 bits per heavy atom. The molecular weight excluding hydrogens is 218 g/mol. The van der Waals surface area contributed by atoms with E-state index in [0.717, 1.165) is 12.1 Å². The lowest BCUT2D eigenvalue weighted by atomic mass is 10.1. The maximum Gasteiger partial charge on any atom is 0.414 e. The molecule has 1 aromatic rings. The molecule has 1 aliphatic rings. The van der Waals surface area contributed by atoms with Crippen molar-refractivity contribution in [2.75, 3.05) is 11.5 Å². The van der Waals surface area contributed by atoms with Gasteiger partial charge in [-0.2, -0.15) is 0 Å². The standard InChI is InChI=1S/C13H15NO3/c1-3-11-8-17-13(16)14(11)12-6-4-5-10(7-12)9(2)15/h4-7,11H,3,8H2,1-2H3/t11-/m0/s1. The van der Waals surface area contributed by atoms with Crippen molar-refractivity contribution < 1.29 is 14.3 Å². The van der Waals surface area contributed by atoms with Gasteiger partial charge in [0, 0.05) is 11.3 Å². The molecule has 4 nitrogen and oxygen atoms in total. The summed E-state index contributed by atoms with van der Waals surface area (Å²) in [6.07, 6.45) is 0.494. The Morgan fingerprint density at radius 1 is 1.53 bits per heavy atom. The third-order valence-electron chi connectivity index (χ3n) is 2.96. The van der Waals surface area contributed by atoms with Crippen molar-refractivity contribution in [2.45, 2.75) is 26.3 Å². The lowest BCUT2D eigenvalue weighted by Crippen LogP contribution is -2.32. The van der Waals surface area contributed by atoms with Crippen LogP contribution in [-0.4, -0.2) is 24.5 Å². The average Bonchev–Trinajstić information content (AvgIpc) is 2.70. The molecule has 2 rings (SSSR count). The first-order valence-electron chi connectivity index (χ1n) is 5.70. The van der Waals surface area contributed by atoms with Gasteiger partial charge in [-0.05, 0) is 25.5 Å². The second kappa shape index (κ2) is 4.57. The highest BCUT2D eigenvalue weighted by atomic mass is 16.6. The Labute approximate surface area is 100 Å². The van der Waals surface area contributed by atoms with Gasteiger partial charge in [-0.25, -0.2) is 4.79 Å². The normalized spacial score (nSPS) is 19.3. The zero-order chi connectivity index (χ0) is 12.4. The molecule has 1 aromatic carbocycles. The molecule has 0 saturated carbocycles. The highest BCUT2D eigenvalue weighted by Crippen LogP contribution is 2.25. The minimum atomic E-state index is -0.336. The summed E-state index contributed by atoms with van der Waals surface area (Å²) in [7, 11) is 0. The van der Waals surface area contributed by atoms with E-state index in [4.69, 9.17) is 4.74 Å². The van der Waals surface area contributed by atoms with Crippen molar-refractivity contribution in [3.05, 3.63) is 29.8 Å². The smallest absolute Gasteiger partial charge is 0.414 e. The van der Waals surface area contributed by atoms with Crippen molar-refractivity contribution in [1.29, 1.82) is 0 Å². The summed E-state index contributed by atoms with van der Waals surface area (Å²) in [6, 6.07) is 7.14. The second-order valence-corrected chi connectivity index (χ2v) is 4.12. The van der Waals surface area contributed by atoms with Gasteiger partial charge in [-0.1, -0.05) is 19.1 Å². The van der Waals surface area contributed by atoms with Crippen LogP contribution in [0.3, 0.4) is 0 Å². The molecule has 1 heterocycles. The van der Waals surface area contributed by atoms with Gasteiger partial charge in [0.05, 0.1) is 6.04 Å². The SMILES string of the molecule is CC[C@H]1COC(=O)N1c1cccc(C(C)=O)c1. The number of hydrogen-bond donors (Lipinski definition) is 0. The van der Waals surface area contributed by atoms with Gasteiger partial charge in [-0.15, -0.1) is 0 Å². The van der Waals surface area contributed by atoms with Gasteiger partial charge in [0.1, 0.15) is 6.61 Å². The van der Waals surface area contributed by atoms with Crippen LogP contribution in [0.2, 0.25) is 0 Å². The molecule has 4 heteroatoms. The molecule has 1 amide bonds. The molecule has 0 radical (unpaired) electrons. The largest absolute Gasteiger partial charge is 0.447 e. The monoisotopic (exact) mass is 233 g/mol. The molecule has 0 aliphatic carbocycles. The summed E-state index contributed by atoms with van der Waals surface area (Å²) in [6.45, 7) is 3.94. The van der Waals surface area contributed by atoms with Gasteiger partial charge < -0.3 is 4.74 Å². The Balaban J connectivity index is 2.35. The minimum absolute atomic E-state index is 0.00698. The van der Waals surface area contributed by atoms with E-state index in [2.05, 4.69) is 0 Å². The molecule has 1 aliphatic heterocycles. The lowest BCUT2D eigenvalue weighted by Gasteiger charge is -2.20. The number of anilines is 1. The van der Waals surface area contributed by atoms with Gasteiger partial charge in [-0.3, -0.25) is 9.69 Å². The fraction of sp³-hybridized carbons (Fsp3) is 0.385. The fourth-order valence-electron chi connectivity index (χ4n) is 1.95. The van der Waals surface area contributed by atoms with Crippen LogP contribution in [0.1, 0.15) is 30.6 Å². The number of rotatable bonds is 3. The van der Waals surface area contributed by atoms with Crippen LogP contribution in [0.15, 0.2) is 24.3 Å². The number of cyclic esters (lactones) is 1. The van der Waals surface area contributed by atoms with Crippen LogP contribution >= 0.6 is 0 Å². The quantitative estimate of drug-likeness (QED) is 0.754. The Bertz CT molecular complexity index is 456. The van der Waals surface area contributed by atoms with E-state index >= 15 is 0 Å². The molecule has 90 valence electrons. The predicted molar refractivity (Wildman–Crippen MR) is 64.4 cm³/mol. The molecule has 17 heavy (non-hydrogen) atoms. The molecule has 0 N–H and O–H groups in total. The van der Waals surface area contributed by atoms with Crippen LogP contribution in [-0.2, 0) is 4.74 Å². The van der Waals surface area contributed by atoms with E-state index in [-0.39, 0.29) is 17.9 Å². The van der Waals surface area contributed by atoms with Crippen molar-refractivity contribution in [2.24, 2.45) is 0 Å². The molecule has 0 aromatic heterocycles. The highest BCUT2D eigenvalue weighted by molar-refractivity contribution is 5.97. The van der Waals surface area contributed by atoms with E-state index in [1.165, 1.54) is 6.92 Å². The average molecular weight is 233 g/mol. The van der Waals surface area contributed by atoms with Crippen molar-refractivity contribution in [1.82, 2.24) is 0 Å². The summed E-state index contributed by atoms with van der Waals surface area (Å²) in [5.41, 5.74) is 1.34. The minimum Gasteiger partial charge on any atom is -0.447 e. The van der Waals surface area contributed by atoms with Gasteiger partial charge in [0.2, 0.25) is 0 Å². The number of ether oxygens (including phenoxy) is 1. The molecule has 1 atom stereocenters. The summed E-state index contributed by atoms with van der Waals surface area (Å²) in [5.74, 6) is -0.00698. The predicted octanol–water partition coefficient (Wildman–Crippen LogP) is 2.62. The first kappa shape index (κ1) is 11.6. The molecule has 0 spiro atoms. The first-order chi connectivity index (χ1) is 8.13. The van der Waals surface area contributed by atoms with E-state index in [1.54, 1.807) is 23.1 Å².